The van der Waals surface area contributed by atoms with Crippen molar-refractivity contribution in [3.8, 4) is 28.3 Å². The SMILES string of the molecule is CNC(=O)Nc1ccc(-c2nc(N)c3cc(-c4cccc(NS(=O)(=O)CCCF)c4F)cc(OC)c3n2)cn1. The number of benzene rings is 2. The number of nitrogens with one attached hydrogen (secondary N) is 3. The molecular weight excluding hydrogens is 532 g/mol. The van der Waals surface area contributed by atoms with Gasteiger partial charge in [-0.25, -0.2) is 32.6 Å². The van der Waals surface area contributed by atoms with Crippen molar-refractivity contribution in [1.82, 2.24) is 20.3 Å². The van der Waals surface area contributed by atoms with Crippen molar-refractivity contribution in [3.63, 3.8) is 0 Å². The monoisotopic (exact) mass is 557 g/mol. The number of hydrogen-bond donors (Lipinski definition) is 4. The number of rotatable bonds is 9. The molecule has 0 aliphatic carbocycles. The zero-order valence-electron chi connectivity index (χ0n) is 21.0. The Hall–Kier alpha value is -4.59. The van der Waals surface area contributed by atoms with Gasteiger partial charge in [0.25, 0.3) is 0 Å². The molecule has 4 rings (SSSR count). The van der Waals surface area contributed by atoms with E-state index in [-0.39, 0.29) is 35.1 Å². The molecule has 2 amide bonds. The molecule has 0 spiro atoms. The van der Waals surface area contributed by atoms with E-state index >= 15 is 4.39 Å². The summed E-state index contributed by atoms with van der Waals surface area (Å²) >= 11 is 0. The fourth-order valence-corrected chi connectivity index (χ4v) is 4.82. The van der Waals surface area contributed by atoms with Gasteiger partial charge in [-0.3, -0.25) is 14.4 Å². The van der Waals surface area contributed by atoms with Crippen LogP contribution >= 0.6 is 0 Å². The molecule has 0 saturated carbocycles. The molecule has 0 atom stereocenters. The third kappa shape index (κ3) is 6.12. The first-order valence-corrected chi connectivity index (χ1v) is 13.3. The number of nitrogens with zero attached hydrogens (tertiary/aromatic N) is 3. The molecule has 0 bridgehead atoms. The molecule has 0 aliphatic heterocycles. The second-order valence-electron chi connectivity index (χ2n) is 8.27. The smallest absolute Gasteiger partial charge is 0.320 e. The number of nitrogens with two attached hydrogens (primary N) is 1. The number of anilines is 3. The number of fused-ring (bicyclic) bond motifs is 1. The summed E-state index contributed by atoms with van der Waals surface area (Å²) in [6.07, 6.45) is 1.27. The van der Waals surface area contributed by atoms with Crippen LogP contribution in [-0.4, -0.2) is 56.0 Å². The molecule has 11 nitrogen and oxygen atoms in total. The summed E-state index contributed by atoms with van der Waals surface area (Å²) < 4.78 is 59.9. The van der Waals surface area contributed by atoms with Crippen LogP contribution in [0.3, 0.4) is 0 Å². The molecule has 2 heterocycles. The third-order valence-corrected chi connectivity index (χ3v) is 6.98. The number of sulfonamides is 1. The zero-order chi connectivity index (χ0) is 28.2. The zero-order valence-corrected chi connectivity index (χ0v) is 21.8. The van der Waals surface area contributed by atoms with E-state index in [1.54, 1.807) is 24.3 Å². The summed E-state index contributed by atoms with van der Waals surface area (Å²) in [5.74, 6) is -0.363. The topological polar surface area (TPSA) is 161 Å². The molecule has 0 unspecified atom stereocenters. The minimum Gasteiger partial charge on any atom is -0.494 e. The van der Waals surface area contributed by atoms with E-state index < -0.39 is 34.3 Å². The number of pyridine rings is 1. The molecule has 5 N–H and O–H groups in total. The number of ether oxygens (including phenoxy) is 1. The Kier molecular flexibility index (Phi) is 8.04. The Labute approximate surface area is 222 Å². The number of alkyl halides is 1. The largest absolute Gasteiger partial charge is 0.494 e. The first-order valence-electron chi connectivity index (χ1n) is 11.6. The van der Waals surface area contributed by atoms with E-state index in [9.17, 15) is 17.6 Å². The van der Waals surface area contributed by atoms with Crippen molar-refractivity contribution < 1.29 is 26.7 Å². The van der Waals surface area contributed by atoms with Crippen LogP contribution in [0.5, 0.6) is 5.75 Å². The van der Waals surface area contributed by atoms with Crippen LogP contribution in [0.1, 0.15) is 6.42 Å². The fourth-order valence-electron chi connectivity index (χ4n) is 3.74. The van der Waals surface area contributed by atoms with Crippen LogP contribution in [0.2, 0.25) is 0 Å². The molecule has 2 aromatic carbocycles. The molecule has 0 radical (unpaired) electrons. The van der Waals surface area contributed by atoms with Crippen molar-refractivity contribution in [2.45, 2.75) is 6.42 Å². The standard InChI is InChI=1S/C25H25F2N7O4S/c1-29-25(35)31-20-8-7-14(13-30-20)24-32-22-17(23(28)33-24)11-15(12-19(22)38-2)16-5-3-6-18(21(16)27)34-39(36,37)10-4-9-26/h3,5-8,11-13,34H,4,9-10H2,1-2H3,(H2,28,32,33)(H2,29,30,31,35). The summed E-state index contributed by atoms with van der Waals surface area (Å²) in [7, 11) is -1.03. The van der Waals surface area contributed by atoms with Gasteiger partial charge in [-0.15, -0.1) is 0 Å². The van der Waals surface area contributed by atoms with E-state index in [1.807, 2.05) is 0 Å². The average Bonchev–Trinajstić information content (AvgIpc) is 2.93. The predicted molar refractivity (Wildman–Crippen MR) is 145 cm³/mol. The Morgan fingerprint density at radius 2 is 1.92 bits per heavy atom. The number of halogens is 2. The van der Waals surface area contributed by atoms with Gasteiger partial charge in [-0.2, -0.15) is 0 Å². The Balaban J connectivity index is 1.73. The fraction of sp³-hybridized carbons (Fsp3) is 0.200. The van der Waals surface area contributed by atoms with E-state index in [0.717, 1.165) is 0 Å². The minimum atomic E-state index is -3.94. The Morgan fingerprint density at radius 1 is 1.13 bits per heavy atom. The highest BCUT2D eigenvalue weighted by Crippen LogP contribution is 2.37. The summed E-state index contributed by atoms with van der Waals surface area (Å²) in [4.78, 5) is 24.6. The number of carbonyl (C=O) groups is 1. The lowest BCUT2D eigenvalue weighted by molar-refractivity contribution is 0.254. The summed E-state index contributed by atoms with van der Waals surface area (Å²) in [5, 5.41) is 5.36. The van der Waals surface area contributed by atoms with Crippen molar-refractivity contribution in [3.05, 3.63) is 54.5 Å². The number of carbonyl (C=O) groups excluding carboxylic acids is 1. The van der Waals surface area contributed by atoms with Gasteiger partial charge in [0.15, 0.2) is 11.6 Å². The molecule has 0 fully saturated rings. The maximum absolute atomic E-state index is 15.4. The normalized spacial score (nSPS) is 11.3. The van der Waals surface area contributed by atoms with Crippen LogP contribution in [0.15, 0.2) is 48.7 Å². The van der Waals surface area contributed by atoms with Crippen LogP contribution in [0.4, 0.5) is 30.9 Å². The molecule has 39 heavy (non-hydrogen) atoms. The van der Waals surface area contributed by atoms with Crippen molar-refractivity contribution >= 4 is 44.3 Å². The maximum Gasteiger partial charge on any atom is 0.320 e. The highest BCUT2D eigenvalue weighted by atomic mass is 32.2. The minimum absolute atomic E-state index is 0.0766. The molecule has 204 valence electrons. The molecule has 0 saturated heterocycles. The van der Waals surface area contributed by atoms with Crippen molar-refractivity contribution in [2.75, 3.05) is 42.4 Å². The highest BCUT2D eigenvalue weighted by molar-refractivity contribution is 7.92. The quantitative estimate of drug-likeness (QED) is 0.241. The van der Waals surface area contributed by atoms with Gasteiger partial charge in [0.05, 0.1) is 25.2 Å². The molecular formula is C25H25F2N7O4S. The predicted octanol–water partition coefficient (Wildman–Crippen LogP) is 3.94. The first-order chi connectivity index (χ1) is 18.7. The summed E-state index contributed by atoms with van der Waals surface area (Å²) in [6, 6.07) is 10.2. The van der Waals surface area contributed by atoms with Gasteiger partial charge < -0.3 is 15.8 Å². The first kappa shape index (κ1) is 27.4. The number of hydrogen-bond acceptors (Lipinski definition) is 8. The molecule has 2 aromatic heterocycles. The molecule has 14 heteroatoms. The van der Waals surface area contributed by atoms with Crippen LogP contribution in [0, 0.1) is 5.82 Å². The van der Waals surface area contributed by atoms with Gasteiger partial charge >= 0.3 is 6.03 Å². The molecule has 4 aromatic rings. The van der Waals surface area contributed by atoms with E-state index in [4.69, 9.17) is 10.5 Å². The number of urea groups is 1. The van der Waals surface area contributed by atoms with Crippen molar-refractivity contribution in [2.24, 2.45) is 0 Å². The van der Waals surface area contributed by atoms with Gasteiger partial charge in [-0.05, 0) is 42.3 Å². The van der Waals surface area contributed by atoms with Crippen LogP contribution in [0.25, 0.3) is 33.4 Å². The second-order valence-corrected chi connectivity index (χ2v) is 10.1. The van der Waals surface area contributed by atoms with Gasteiger partial charge in [0.2, 0.25) is 10.0 Å². The number of aromatic nitrogens is 3. The van der Waals surface area contributed by atoms with E-state index in [0.29, 0.717) is 27.8 Å². The lowest BCUT2D eigenvalue weighted by Crippen LogP contribution is -2.24. The Morgan fingerprint density at radius 3 is 2.59 bits per heavy atom. The van der Waals surface area contributed by atoms with Gasteiger partial charge in [0, 0.05) is 29.8 Å². The van der Waals surface area contributed by atoms with Crippen LogP contribution < -0.4 is 25.8 Å². The van der Waals surface area contributed by atoms with Gasteiger partial charge in [0.1, 0.15) is 22.9 Å². The van der Waals surface area contributed by atoms with Gasteiger partial charge in [-0.1, -0.05) is 12.1 Å². The lowest BCUT2D eigenvalue weighted by atomic mass is 10.0. The van der Waals surface area contributed by atoms with E-state index in [1.165, 1.54) is 38.6 Å². The highest BCUT2D eigenvalue weighted by Gasteiger charge is 2.19. The Bertz CT molecular complexity index is 1630. The molecule has 0 aliphatic rings. The maximum atomic E-state index is 15.4. The number of methoxy groups -OCH3 is 1. The number of amides is 2. The summed E-state index contributed by atoms with van der Waals surface area (Å²) in [5.41, 5.74) is 7.30. The second kappa shape index (κ2) is 11.4. The number of nitrogen functional groups attached to an aromatic ring is 1. The average molecular weight is 558 g/mol. The third-order valence-electron chi connectivity index (χ3n) is 5.63. The summed E-state index contributed by atoms with van der Waals surface area (Å²) in [6.45, 7) is -0.803. The van der Waals surface area contributed by atoms with E-state index in [2.05, 4.69) is 30.3 Å². The van der Waals surface area contributed by atoms with Crippen LogP contribution in [-0.2, 0) is 10.0 Å². The van der Waals surface area contributed by atoms with Crippen molar-refractivity contribution in [1.29, 1.82) is 0 Å². The lowest BCUT2D eigenvalue weighted by Gasteiger charge is -2.14.